The SMILES string of the molecule is C=C(C)C(=O)NCOCCCCCCCC/C=C\CCCCCCCC. The van der Waals surface area contributed by atoms with Crippen molar-refractivity contribution in [3.05, 3.63) is 24.3 Å². The fourth-order valence-corrected chi connectivity index (χ4v) is 2.79. The monoisotopic (exact) mass is 365 g/mol. The first-order valence-electron chi connectivity index (χ1n) is 10.8. The van der Waals surface area contributed by atoms with Crippen LogP contribution in [0.25, 0.3) is 0 Å². The van der Waals surface area contributed by atoms with Gasteiger partial charge in [0, 0.05) is 12.2 Å². The number of hydrogen-bond donors (Lipinski definition) is 1. The summed E-state index contributed by atoms with van der Waals surface area (Å²) in [5.41, 5.74) is 0.519. The van der Waals surface area contributed by atoms with Crippen LogP contribution in [0, 0.1) is 0 Å². The summed E-state index contributed by atoms with van der Waals surface area (Å²) in [6.45, 7) is 8.56. The van der Waals surface area contributed by atoms with Crippen LogP contribution in [0.1, 0.15) is 104 Å². The van der Waals surface area contributed by atoms with Crippen molar-refractivity contribution in [2.75, 3.05) is 13.3 Å². The van der Waals surface area contributed by atoms with E-state index in [1.54, 1.807) is 6.92 Å². The Balaban J connectivity index is 3.14. The molecule has 26 heavy (non-hydrogen) atoms. The van der Waals surface area contributed by atoms with Gasteiger partial charge in [-0.3, -0.25) is 4.79 Å². The number of allylic oxidation sites excluding steroid dienone is 2. The molecule has 0 aliphatic heterocycles. The summed E-state index contributed by atoms with van der Waals surface area (Å²) in [5, 5.41) is 2.67. The predicted octanol–water partition coefficient (Wildman–Crippen LogP) is 6.69. The van der Waals surface area contributed by atoms with Gasteiger partial charge in [0.05, 0.1) is 0 Å². The van der Waals surface area contributed by atoms with Crippen LogP contribution < -0.4 is 5.32 Å². The lowest BCUT2D eigenvalue weighted by atomic mass is 10.1. The number of amides is 1. The van der Waals surface area contributed by atoms with Crippen molar-refractivity contribution in [1.29, 1.82) is 0 Å². The number of hydrogen-bond acceptors (Lipinski definition) is 2. The Hall–Kier alpha value is -1.09. The van der Waals surface area contributed by atoms with E-state index < -0.39 is 0 Å². The van der Waals surface area contributed by atoms with Gasteiger partial charge in [0.1, 0.15) is 6.73 Å². The molecule has 0 fully saturated rings. The van der Waals surface area contributed by atoms with E-state index in [0.717, 1.165) is 13.0 Å². The van der Waals surface area contributed by atoms with Gasteiger partial charge in [-0.25, -0.2) is 0 Å². The molecule has 0 aromatic rings. The third-order valence-electron chi connectivity index (χ3n) is 4.52. The van der Waals surface area contributed by atoms with Gasteiger partial charge < -0.3 is 10.1 Å². The summed E-state index contributed by atoms with van der Waals surface area (Å²) in [6.07, 6.45) is 23.1. The van der Waals surface area contributed by atoms with Crippen LogP contribution in [0.5, 0.6) is 0 Å². The standard InChI is InChI=1S/C23H43NO2/c1-4-5-6-7-8-9-10-11-12-13-14-15-16-17-18-19-20-26-21-24-23(25)22(2)3/h11-12H,2,4-10,13-21H2,1,3H3,(H,24,25)/b12-11-. The largest absolute Gasteiger partial charge is 0.361 e. The van der Waals surface area contributed by atoms with Crippen LogP contribution in [-0.4, -0.2) is 19.2 Å². The highest BCUT2D eigenvalue weighted by atomic mass is 16.5. The lowest BCUT2D eigenvalue weighted by Gasteiger charge is -2.06. The molecule has 0 bridgehead atoms. The fourth-order valence-electron chi connectivity index (χ4n) is 2.79. The third kappa shape index (κ3) is 19.2. The van der Waals surface area contributed by atoms with Crippen molar-refractivity contribution in [3.63, 3.8) is 0 Å². The molecule has 0 aliphatic carbocycles. The Labute approximate surface area is 162 Å². The molecule has 0 saturated carbocycles. The van der Waals surface area contributed by atoms with E-state index in [1.165, 1.54) is 83.5 Å². The quantitative estimate of drug-likeness (QED) is 0.120. The lowest BCUT2D eigenvalue weighted by Crippen LogP contribution is -2.26. The molecule has 0 aromatic carbocycles. The van der Waals surface area contributed by atoms with E-state index >= 15 is 0 Å². The zero-order valence-electron chi connectivity index (χ0n) is 17.5. The van der Waals surface area contributed by atoms with Crippen LogP contribution in [0.2, 0.25) is 0 Å². The molecule has 0 saturated heterocycles. The summed E-state index contributed by atoms with van der Waals surface area (Å²) in [6, 6.07) is 0. The number of carbonyl (C=O) groups excluding carboxylic acids is 1. The zero-order valence-corrected chi connectivity index (χ0v) is 17.5. The van der Waals surface area contributed by atoms with Gasteiger partial charge in [0.15, 0.2) is 0 Å². The number of ether oxygens (including phenoxy) is 1. The van der Waals surface area contributed by atoms with Crippen LogP contribution in [0.3, 0.4) is 0 Å². The first-order valence-corrected chi connectivity index (χ1v) is 10.8. The molecule has 1 amide bonds. The van der Waals surface area contributed by atoms with E-state index in [4.69, 9.17) is 4.74 Å². The van der Waals surface area contributed by atoms with Gasteiger partial charge in [0.2, 0.25) is 5.91 Å². The Morgan fingerprint density at radius 2 is 1.35 bits per heavy atom. The minimum absolute atomic E-state index is 0.133. The molecule has 1 N–H and O–H groups in total. The minimum atomic E-state index is -0.133. The first kappa shape index (κ1) is 24.9. The van der Waals surface area contributed by atoms with Crippen molar-refractivity contribution in [3.8, 4) is 0 Å². The lowest BCUT2D eigenvalue weighted by molar-refractivity contribution is -0.119. The van der Waals surface area contributed by atoms with Gasteiger partial charge >= 0.3 is 0 Å². The van der Waals surface area contributed by atoms with Crippen molar-refractivity contribution in [1.82, 2.24) is 5.32 Å². The van der Waals surface area contributed by atoms with Gasteiger partial charge in [-0.2, -0.15) is 0 Å². The Kier molecular flexibility index (Phi) is 19.4. The highest BCUT2D eigenvalue weighted by Gasteiger charge is 1.99. The number of unbranched alkanes of at least 4 members (excludes halogenated alkanes) is 12. The molecule has 0 heterocycles. The molecular formula is C23H43NO2. The van der Waals surface area contributed by atoms with E-state index in [9.17, 15) is 4.79 Å². The van der Waals surface area contributed by atoms with E-state index in [0.29, 0.717) is 5.57 Å². The smallest absolute Gasteiger partial charge is 0.248 e. The maximum atomic E-state index is 11.2. The van der Waals surface area contributed by atoms with Gasteiger partial charge in [-0.1, -0.05) is 83.4 Å². The maximum absolute atomic E-state index is 11.2. The fraction of sp³-hybridized carbons (Fsp3) is 0.783. The second-order valence-electron chi connectivity index (χ2n) is 7.28. The van der Waals surface area contributed by atoms with E-state index in [-0.39, 0.29) is 12.6 Å². The summed E-state index contributed by atoms with van der Waals surface area (Å²) in [4.78, 5) is 11.2. The second-order valence-corrected chi connectivity index (χ2v) is 7.28. The van der Waals surface area contributed by atoms with Gasteiger partial charge in [-0.15, -0.1) is 0 Å². The molecule has 0 aromatic heterocycles. The van der Waals surface area contributed by atoms with Crippen molar-refractivity contribution in [2.45, 2.75) is 104 Å². The van der Waals surface area contributed by atoms with Crippen LogP contribution in [0.15, 0.2) is 24.3 Å². The number of rotatable bonds is 19. The van der Waals surface area contributed by atoms with Crippen molar-refractivity contribution >= 4 is 5.91 Å². The van der Waals surface area contributed by atoms with E-state index in [2.05, 4.69) is 31.0 Å². The molecule has 0 atom stereocenters. The van der Waals surface area contributed by atoms with Crippen molar-refractivity contribution in [2.24, 2.45) is 0 Å². The third-order valence-corrected chi connectivity index (χ3v) is 4.52. The summed E-state index contributed by atoms with van der Waals surface area (Å²) < 4.78 is 5.39. The molecule has 0 spiro atoms. The molecule has 152 valence electrons. The van der Waals surface area contributed by atoms with Gasteiger partial charge in [-0.05, 0) is 39.0 Å². The minimum Gasteiger partial charge on any atom is -0.361 e. The molecular weight excluding hydrogens is 322 g/mol. The molecule has 0 rings (SSSR count). The zero-order chi connectivity index (χ0) is 19.3. The molecule has 3 nitrogen and oxygen atoms in total. The Morgan fingerprint density at radius 3 is 1.88 bits per heavy atom. The number of nitrogens with one attached hydrogen (secondary N) is 1. The average Bonchev–Trinajstić information content (AvgIpc) is 2.63. The Morgan fingerprint density at radius 1 is 0.846 bits per heavy atom. The van der Waals surface area contributed by atoms with Crippen LogP contribution >= 0.6 is 0 Å². The predicted molar refractivity (Wildman–Crippen MR) is 113 cm³/mol. The van der Waals surface area contributed by atoms with Crippen molar-refractivity contribution < 1.29 is 9.53 Å². The summed E-state index contributed by atoms with van der Waals surface area (Å²) in [5.74, 6) is -0.133. The molecule has 0 unspecified atom stereocenters. The number of carbonyl (C=O) groups is 1. The van der Waals surface area contributed by atoms with Crippen LogP contribution in [0.4, 0.5) is 0 Å². The summed E-state index contributed by atoms with van der Waals surface area (Å²) >= 11 is 0. The Bertz CT molecular complexity index is 363. The second kappa shape index (κ2) is 20.2. The summed E-state index contributed by atoms with van der Waals surface area (Å²) in [7, 11) is 0. The van der Waals surface area contributed by atoms with E-state index in [1.807, 2.05) is 0 Å². The maximum Gasteiger partial charge on any atom is 0.248 e. The highest BCUT2D eigenvalue weighted by Crippen LogP contribution is 2.09. The normalized spacial score (nSPS) is 11.2. The highest BCUT2D eigenvalue weighted by molar-refractivity contribution is 5.91. The topological polar surface area (TPSA) is 38.3 Å². The molecule has 0 radical (unpaired) electrons. The molecule has 3 heteroatoms. The average molecular weight is 366 g/mol. The first-order chi connectivity index (χ1) is 12.7. The molecule has 0 aliphatic rings. The van der Waals surface area contributed by atoms with Gasteiger partial charge in [0.25, 0.3) is 0 Å². The van der Waals surface area contributed by atoms with Crippen LogP contribution in [-0.2, 0) is 9.53 Å².